The van der Waals surface area contributed by atoms with Gasteiger partial charge < -0.3 is 4.57 Å². The van der Waals surface area contributed by atoms with Crippen molar-refractivity contribution in [3.8, 4) is 16.8 Å². The highest BCUT2D eigenvalue weighted by molar-refractivity contribution is 5.91. The number of benzene rings is 3. The van der Waals surface area contributed by atoms with Gasteiger partial charge in [-0.3, -0.25) is 0 Å². The third-order valence-corrected chi connectivity index (χ3v) is 6.15. The van der Waals surface area contributed by atoms with E-state index in [4.69, 9.17) is 0 Å². The van der Waals surface area contributed by atoms with Gasteiger partial charge in [0.05, 0.1) is 11.2 Å². The molecule has 25 heavy (non-hydrogen) atoms. The molecule has 0 saturated carbocycles. The number of para-hydroxylation sites is 1. The first-order valence-corrected chi connectivity index (χ1v) is 9.02. The summed E-state index contributed by atoms with van der Waals surface area (Å²) in [4.78, 5) is 0. The number of hydrogen-bond donors (Lipinski definition) is 0. The van der Waals surface area contributed by atoms with Crippen LogP contribution in [0.15, 0.2) is 66.7 Å². The molecule has 0 N–H and O–H groups in total. The molecule has 0 radical (unpaired) electrons. The molecule has 1 heteroatoms. The van der Waals surface area contributed by atoms with Gasteiger partial charge >= 0.3 is 0 Å². The number of rotatable bonds is 0. The SMILES string of the molecule is CC1(C)c2c(ccc3c2-c2ccccc2C3)-n2c1cc1ccccc12. The Kier molecular flexibility index (Phi) is 2.28. The Morgan fingerprint density at radius 1 is 0.840 bits per heavy atom. The van der Waals surface area contributed by atoms with Crippen molar-refractivity contribution in [3.63, 3.8) is 0 Å². The van der Waals surface area contributed by atoms with E-state index in [1.165, 1.54) is 50.1 Å². The first-order valence-electron chi connectivity index (χ1n) is 9.02. The predicted molar refractivity (Wildman–Crippen MR) is 104 cm³/mol. The minimum absolute atomic E-state index is 0.0111. The quantitative estimate of drug-likeness (QED) is 0.337. The highest BCUT2D eigenvalue weighted by atomic mass is 15.0. The van der Waals surface area contributed by atoms with Gasteiger partial charge in [-0.25, -0.2) is 0 Å². The van der Waals surface area contributed by atoms with Crippen LogP contribution in [0.3, 0.4) is 0 Å². The fourth-order valence-corrected chi connectivity index (χ4v) is 5.03. The molecule has 1 aliphatic carbocycles. The lowest BCUT2D eigenvalue weighted by atomic mass is 9.79. The van der Waals surface area contributed by atoms with Crippen molar-refractivity contribution in [1.82, 2.24) is 4.57 Å². The summed E-state index contributed by atoms with van der Waals surface area (Å²) < 4.78 is 2.48. The molecule has 1 aliphatic heterocycles. The van der Waals surface area contributed by atoms with Crippen LogP contribution in [0, 0.1) is 0 Å². The van der Waals surface area contributed by atoms with Gasteiger partial charge in [0.25, 0.3) is 0 Å². The average molecular weight is 321 g/mol. The molecule has 0 spiro atoms. The largest absolute Gasteiger partial charge is 0.312 e. The Bertz CT molecular complexity index is 1190. The van der Waals surface area contributed by atoms with E-state index in [0.717, 1.165) is 6.42 Å². The van der Waals surface area contributed by atoms with Crippen LogP contribution < -0.4 is 0 Å². The van der Waals surface area contributed by atoms with Crippen LogP contribution in [0.25, 0.3) is 27.7 Å². The maximum atomic E-state index is 2.48. The summed E-state index contributed by atoms with van der Waals surface area (Å²) in [7, 11) is 0. The Morgan fingerprint density at radius 3 is 2.56 bits per heavy atom. The summed E-state index contributed by atoms with van der Waals surface area (Å²) in [6.45, 7) is 4.76. The first-order chi connectivity index (χ1) is 12.2. The molecule has 0 saturated heterocycles. The van der Waals surface area contributed by atoms with E-state index in [2.05, 4.69) is 85.1 Å². The van der Waals surface area contributed by atoms with Crippen molar-refractivity contribution in [3.05, 3.63) is 89.1 Å². The molecule has 2 heterocycles. The van der Waals surface area contributed by atoms with Gasteiger partial charge in [0.1, 0.15) is 0 Å². The van der Waals surface area contributed by atoms with E-state index in [1.54, 1.807) is 0 Å². The van der Waals surface area contributed by atoms with Crippen molar-refractivity contribution in [2.45, 2.75) is 25.7 Å². The van der Waals surface area contributed by atoms with Crippen molar-refractivity contribution < 1.29 is 0 Å². The molecule has 0 unspecified atom stereocenters. The van der Waals surface area contributed by atoms with Crippen molar-refractivity contribution >= 4 is 10.9 Å². The lowest BCUT2D eigenvalue weighted by Crippen LogP contribution is -2.16. The Balaban J connectivity index is 1.77. The molecular formula is C24H19N. The zero-order valence-corrected chi connectivity index (χ0v) is 14.5. The molecular weight excluding hydrogens is 302 g/mol. The minimum Gasteiger partial charge on any atom is -0.312 e. The van der Waals surface area contributed by atoms with E-state index in [9.17, 15) is 0 Å². The molecule has 0 fully saturated rings. The Labute approximate surface area is 147 Å². The molecule has 2 aliphatic rings. The summed E-state index contributed by atoms with van der Waals surface area (Å²) in [6, 6.07) is 24.7. The van der Waals surface area contributed by atoms with Crippen LogP contribution in [0.4, 0.5) is 0 Å². The summed E-state index contributed by atoms with van der Waals surface area (Å²) in [5.74, 6) is 0. The molecule has 120 valence electrons. The van der Waals surface area contributed by atoms with Crippen molar-refractivity contribution in [2.75, 3.05) is 0 Å². The molecule has 1 aromatic heterocycles. The second-order valence-corrected chi connectivity index (χ2v) is 7.88. The fourth-order valence-electron chi connectivity index (χ4n) is 5.03. The van der Waals surface area contributed by atoms with Gasteiger partial charge in [-0.2, -0.15) is 0 Å². The molecule has 4 aromatic rings. The summed E-state index contributed by atoms with van der Waals surface area (Å²) in [6.07, 6.45) is 1.06. The van der Waals surface area contributed by atoms with Crippen LogP contribution in [-0.4, -0.2) is 4.57 Å². The Hall–Kier alpha value is -2.80. The lowest BCUT2D eigenvalue weighted by Gasteiger charge is -2.22. The van der Waals surface area contributed by atoms with Crippen LogP contribution >= 0.6 is 0 Å². The van der Waals surface area contributed by atoms with Gasteiger partial charge in [-0.1, -0.05) is 62.4 Å². The normalized spacial score (nSPS) is 15.8. The van der Waals surface area contributed by atoms with Crippen LogP contribution in [0.2, 0.25) is 0 Å². The second-order valence-electron chi connectivity index (χ2n) is 7.88. The summed E-state index contributed by atoms with van der Waals surface area (Å²) in [5, 5.41) is 1.33. The third kappa shape index (κ3) is 1.50. The van der Waals surface area contributed by atoms with Gasteiger partial charge in [0, 0.05) is 16.5 Å². The third-order valence-electron chi connectivity index (χ3n) is 6.15. The average Bonchev–Trinajstić information content (AvgIpc) is 3.24. The molecule has 0 amide bonds. The van der Waals surface area contributed by atoms with Crippen molar-refractivity contribution in [1.29, 1.82) is 0 Å². The number of hydrogen-bond acceptors (Lipinski definition) is 0. The lowest BCUT2D eigenvalue weighted by molar-refractivity contribution is 0.646. The topological polar surface area (TPSA) is 4.93 Å². The van der Waals surface area contributed by atoms with E-state index in [1.807, 2.05) is 0 Å². The molecule has 6 rings (SSSR count). The number of fused-ring (bicyclic) bond motifs is 9. The van der Waals surface area contributed by atoms with Crippen LogP contribution in [0.1, 0.15) is 36.2 Å². The predicted octanol–water partition coefficient (Wildman–Crippen LogP) is 5.84. The molecule has 1 nitrogen and oxygen atoms in total. The monoisotopic (exact) mass is 321 g/mol. The highest BCUT2D eigenvalue weighted by Gasteiger charge is 2.41. The van der Waals surface area contributed by atoms with Crippen molar-refractivity contribution in [2.24, 2.45) is 0 Å². The van der Waals surface area contributed by atoms with E-state index in [-0.39, 0.29) is 5.41 Å². The van der Waals surface area contributed by atoms with Crippen LogP contribution in [-0.2, 0) is 11.8 Å². The fraction of sp³-hybridized carbons (Fsp3) is 0.167. The summed E-state index contributed by atoms with van der Waals surface area (Å²) in [5.41, 5.74) is 11.4. The number of nitrogens with zero attached hydrogens (tertiary/aromatic N) is 1. The smallest absolute Gasteiger partial charge is 0.0531 e. The van der Waals surface area contributed by atoms with E-state index in [0.29, 0.717) is 0 Å². The maximum absolute atomic E-state index is 2.48. The molecule has 0 atom stereocenters. The zero-order valence-electron chi connectivity index (χ0n) is 14.5. The van der Waals surface area contributed by atoms with Gasteiger partial charge in [0.2, 0.25) is 0 Å². The number of aromatic nitrogens is 1. The summed E-state index contributed by atoms with van der Waals surface area (Å²) >= 11 is 0. The van der Waals surface area contributed by atoms with Gasteiger partial charge in [-0.15, -0.1) is 0 Å². The van der Waals surface area contributed by atoms with Crippen LogP contribution in [0.5, 0.6) is 0 Å². The first kappa shape index (κ1) is 13.5. The minimum atomic E-state index is 0.0111. The van der Waals surface area contributed by atoms with E-state index < -0.39 is 0 Å². The van der Waals surface area contributed by atoms with Gasteiger partial charge in [-0.05, 0) is 52.4 Å². The maximum Gasteiger partial charge on any atom is 0.0531 e. The van der Waals surface area contributed by atoms with E-state index >= 15 is 0 Å². The Morgan fingerprint density at radius 2 is 1.64 bits per heavy atom. The molecule has 0 bridgehead atoms. The van der Waals surface area contributed by atoms with Gasteiger partial charge in [0.15, 0.2) is 0 Å². The second kappa shape index (κ2) is 4.23. The standard InChI is InChI=1S/C24H19N/c1-24(2)21-14-16-8-4-6-10-19(16)25(21)20-12-11-17-13-15-7-3-5-9-18(15)22(17)23(20)24/h3-12,14H,13H2,1-2H3. The highest BCUT2D eigenvalue weighted by Crippen LogP contribution is 2.52. The zero-order chi connectivity index (χ0) is 16.8. The molecule has 3 aromatic carbocycles.